The van der Waals surface area contributed by atoms with Crippen molar-refractivity contribution in [1.29, 1.82) is 0 Å². The smallest absolute Gasteiger partial charge is 0.320 e. The zero-order chi connectivity index (χ0) is 9.68. The van der Waals surface area contributed by atoms with Gasteiger partial charge in [-0.2, -0.15) is 0 Å². The second-order valence-electron chi connectivity index (χ2n) is 2.62. The second kappa shape index (κ2) is 4.44. The number of anilines is 1. The van der Waals surface area contributed by atoms with E-state index in [0.717, 1.165) is 6.42 Å². The molecule has 1 aromatic rings. The SMILES string of the molecule is CCCNC(=O)Nc1cnnn1C. The van der Waals surface area contributed by atoms with Crippen molar-refractivity contribution in [3.8, 4) is 0 Å². The lowest BCUT2D eigenvalue weighted by molar-refractivity contribution is 0.252. The van der Waals surface area contributed by atoms with Gasteiger partial charge in [0.2, 0.25) is 0 Å². The van der Waals surface area contributed by atoms with Crippen molar-refractivity contribution in [2.45, 2.75) is 13.3 Å². The van der Waals surface area contributed by atoms with E-state index in [1.165, 1.54) is 10.9 Å². The maximum atomic E-state index is 11.1. The molecule has 72 valence electrons. The Hall–Kier alpha value is -1.59. The summed E-state index contributed by atoms with van der Waals surface area (Å²) in [6.07, 6.45) is 2.41. The highest BCUT2D eigenvalue weighted by molar-refractivity contribution is 5.87. The lowest BCUT2D eigenvalue weighted by Crippen LogP contribution is -2.29. The van der Waals surface area contributed by atoms with Gasteiger partial charge in [0.25, 0.3) is 0 Å². The van der Waals surface area contributed by atoms with E-state index in [9.17, 15) is 4.79 Å². The first-order valence-corrected chi connectivity index (χ1v) is 4.13. The Labute approximate surface area is 76.3 Å². The highest BCUT2D eigenvalue weighted by Crippen LogP contribution is 1.99. The molecule has 0 saturated heterocycles. The molecule has 0 fully saturated rings. The normalized spacial score (nSPS) is 9.69. The number of aryl methyl sites for hydroxylation is 1. The van der Waals surface area contributed by atoms with Gasteiger partial charge >= 0.3 is 6.03 Å². The molecule has 0 bridgehead atoms. The van der Waals surface area contributed by atoms with E-state index >= 15 is 0 Å². The van der Waals surface area contributed by atoms with Crippen molar-refractivity contribution >= 4 is 11.8 Å². The first-order chi connectivity index (χ1) is 6.24. The molecule has 2 N–H and O–H groups in total. The first-order valence-electron chi connectivity index (χ1n) is 4.13. The maximum absolute atomic E-state index is 11.1. The van der Waals surface area contributed by atoms with Gasteiger partial charge in [-0.25, -0.2) is 9.48 Å². The fourth-order valence-electron chi connectivity index (χ4n) is 0.802. The number of carbonyl (C=O) groups excluding carboxylic acids is 1. The van der Waals surface area contributed by atoms with Crippen LogP contribution in [0, 0.1) is 0 Å². The number of nitrogens with one attached hydrogen (secondary N) is 2. The Morgan fingerprint density at radius 2 is 2.46 bits per heavy atom. The van der Waals surface area contributed by atoms with E-state index in [0.29, 0.717) is 12.4 Å². The number of hydrogen-bond acceptors (Lipinski definition) is 3. The molecule has 6 heteroatoms. The molecule has 2 amide bonds. The van der Waals surface area contributed by atoms with Crippen LogP contribution in [0.4, 0.5) is 10.6 Å². The van der Waals surface area contributed by atoms with E-state index in [1.54, 1.807) is 7.05 Å². The standard InChI is InChI=1S/C7H13N5O/c1-3-4-8-7(13)10-6-5-9-11-12(6)2/h5H,3-4H2,1-2H3,(H2,8,10,13). The van der Waals surface area contributed by atoms with Crippen LogP contribution in [0.1, 0.15) is 13.3 Å². The third-order valence-corrected chi connectivity index (χ3v) is 1.49. The van der Waals surface area contributed by atoms with Crippen LogP contribution in [0.25, 0.3) is 0 Å². The Balaban J connectivity index is 2.41. The molecule has 0 aliphatic carbocycles. The molecule has 6 nitrogen and oxygen atoms in total. The van der Waals surface area contributed by atoms with Gasteiger partial charge in [-0.05, 0) is 6.42 Å². The number of hydrogen-bond donors (Lipinski definition) is 2. The molecular formula is C7H13N5O. The van der Waals surface area contributed by atoms with Gasteiger partial charge in [-0.1, -0.05) is 12.1 Å². The van der Waals surface area contributed by atoms with Gasteiger partial charge in [0.1, 0.15) is 0 Å². The topological polar surface area (TPSA) is 71.8 Å². The minimum Gasteiger partial charge on any atom is -0.338 e. The quantitative estimate of drug-likeness (QED) is 0.710. The van der Waals surface area contributed by atoms with Gasteiger partial charge in [0.15, 0.2) is 5.82 Å². The number of urea groups is 1. The number of nitrogens with zero attached hydrogens (tertiary/aromatic N) is 3. The predicted molar refractivity (Wildman–Crippen MR) is 48.3 cm³/mol. The van der Waals surface area contributed by atoms with Crippen molar-refractivity contribution in [1.82, 2.24) is 20.3 Å². The number of carbonyl (C=O) groups is 1. The number of aromatic nitrogens is 3. The molecule has 0 saturated carbocycles. The minimum atomic E-state index is -0.229. The summed E-state index contributed by atoms with van der Waals surface area (Å²) in [6, 6.07) is -0.229. The van der Waals surface area contributed by atoms with Gasteiger partial charge in [-0.3, -0.25) is 5.32 Å². The summed E-state index contributed by atoms with van der Waals surface area (Å²) in [6.45, 7) is 2.66. The fraction of sp³-hybridized carbons (Fsp3) is 0.571. The molecule has 0 spiro atoms. The molecule has 13 heavy (non-hydrogen) atoms. The van der Waals surface area contributed by atoms with Crippen LogP contribution in [-0.4, -0.2) is 27.6 Å². The van der Waals surface area contributed by atoms with Crippen molar-refractivity contribution in [3.05, 3.63) is 6.20 Å². The Morgan fingerprint density at radius 1 is 1.69 bits per heavy atom. The highest BCUT2D eigenvalue weighted by Gasteiger charge is 2.03. The first kappa shape index (κ1) is 9.50. The summed E-state index contributed by atoms with van der Waals surface area (Å²) in [5.41, 5.74) is 0. The van der Waals surface area contributed by atoms with Crippen LogP contribution in [0.3, 0.4) is 0 Å². The van der Waals surface area contributed by atoms with Crippen LogP contribution >= 0.6 is 0 Å². The number of amides is 2. The highest BCUT2D eigenvalue weighted by atomic mass is 16.2. The summed E-state index contributed by atoms with van der Waals surface area (Å²) in [4.78, 5) is 11.1. The van der Waals surface area contributed by atoms with Gasteiger partial charge in [-0.15, -0.1) is 5.10 Å². The average molecular weight is 183 g/mol. The van der Waals surface area contributed by atoms with Crippen molar-refractivity contribution in [2.75, 3.05) is 11.9 Å². The third-order valence-electron chi connectivity index (χ3n) is 1.49. The van der Waals surface area contributed by atoms with Crippen LogP contribution in [0.2, 0.25) is 0 Å². The molecular weight excluding hydrogens is 170 g/mol. The fourth-order valence-corrected chi connectivity index (χ4v) is 0.802. The van der Waals surface area contributed by atoms with Crippen LogP contribution in [0.15, 0.2) is 6.20 Å². The Morgan fingerprint density at radius 3 is 3.00 bits per heavy atom. The second-order valence-corrected chi connectivity index (χ2v) is 2.62. The molecule has 0 aliphatic rings. The molecule has 1 aromatic heterocycles. The molecule has 0 radical (unpaired) electrons. The van der Waals surface area contributed by atoms with E-state index < -0.39 is 0 Å². The van der Waals surface area contributed by atoms with E-state index in [-0.39, 0.29) is 6.03 Å². The van der Waals surface area contributed by atoms with Crippen LogP contribution in [-0.2, 0) is 7.05 Å². The van der Waals surface area contributed by atoms with E-state index in [2.05, 4.69) is 20.9 Å². The molecule has 1 rings (SSSR count). The predicted octanol–water partition coefficient (Wildman–Crippen LogP) is 0.347. The molecule has 0 aromatic carbocycles. The summed E-state index contributed by atoms with van der Waals surface area (Å²) < 4.78 is 1.49. The van der Waals surface area contributed by atoms with E-state index in [1.807, 2.05) is 6.92 Å². The van der Waals surface area contributed by atoms with Crippen molar-refractivity contribution in [2.24, 2.45) is 7.05 Å². The maximum Gasteiger partial charge on any atom is 0.320 e. The summed E-state index contributed by atoms with van der Waals surface area (Å²) in [5, 5.41) is 12.6. The van der Waals surface area contributed by atoms with Gasteiger partial charge < -0.3 is 5.32 Å². The van der Waals surface area contributed by atoms with Crippen molar-refractivity contribution in [3.63, 3.8) is 0 Å². The van der Waals surface area contributed by atoms with Gasteiger partial charge in [0, 0.05) is 13.6 Å². The summed E-state index contributed by atoms with van der Waals surface area (Å²) in [5.74, 6) is 0.577. The number of rotatable bonds is 3. The molecule has 0 unspecified atom stereocenters. The summed E-state index contributed by atoms with van der Waals surface area (Å²) in [7, 11) is 1.71. The van der Waals surface area contributed by atoms with E-state index in [4.69, 9.17) is 0 Å². The largest absolute Gasteiger partial charge is 0.338 e. The molecule has 0 atom stereocenters. The zero-order valence-corrected chi connectivity index (χ0v) is 7.74. The zero-order valence-electron chi connectivity index (χ0n) is 7.74. The Bertz CT molecular complexity index is 282. The average Bonchev–Trinajstić information content (AvgIpc) is 2.48. The summed E-state index contributed by atoms with van der Waals surface area (Å²) >= 11 is 0. The van der Waals surface area contributed by atoms with Crippen molar-refractivity contribution < 1.29 is 4.79 Å². The van der Waals surface area contributed by atoms with Crippen LogP contribution in [0.5, 0.6) is 0 Å². The van der Waals surface area contributed by atoms with Gasteiger partial charge in [0.05, 0.1) is 6.20 Å². The lowest BCUT2D eigenvalue weighted by atomic mass is 10.5. The Kier molecular flexibility index (Phi) is 3.24. The molecule has 1 heterocycles. The monoisotopic (exact) mass is 183 g/mol. The third kappa shape index (κ3) is 2.73. The molecule has 0 aliphatic heterocycles. The van der Waals surface area contributed by atoms with Crippen LogP contribution < -0.4 is 10.6 Å². The minimum absolute atomic E-state index is 0.229. The lowest BCUT2D eigenvalue weighted by Gasteiger charge is -2.04.